The molecule has 1 aromatic heterocycles. The van der Waals surface area contributed by atoms with Gasteiger partial charge in [-0.2, -0.15) is 0 Å². The van der Waals surface area contributed by atoms with Gasteiger partial charge in [-0.15, -0.1) is 0 Å². The highest BCUT2D eigenvalue weighted by atomic mass is 35.5. The van der Waals surface area contributed by atoms with E-state index < -0.39 is 0 Å². The fourth-order valence-electron chi connectivity index (χ4n) is 2.25. The number of thiazole rings is 1. The lowest BCUT2D eigenvalue weighted by molar-refractivity contribution is 0.102. The number of rotatable bonds is 2. The van der Waals surface area contributed by atoms with Crippen LogP contribution >= 0.6 is 34.5 Å². The molecule has 124 valence electrons. The standard InChI is InChI=1S/C18H16Cl2N2OS/c1-18(2,3)11-5-7-14-15(9-11)24-17(21-14)22-16(23)10-4-6-12(19)13(20)8-10/h4-9H,1-3H3,(H,21,22,23). The van der Waals surface area contributed by atoms with E-state index in [1.165, 1.54) is 16.9 Å². The van der Waals surface area contributed by atoms with Gasteiger partial charge in [-0.25, -0.2) is 4.98 Å². The van der Waals surface area contributed by atoms with Gasteiger partial charge in [0, 0.05) is 5.56 Å². The van der Waals surface area contributed by atoms with E-state index in [1.54, 1.807) is 18.2 Å². The van der Waals surface area contributed by atoms with Crippen LogP contribution < -0.4 is 5.32 Å². The SMILES string of the molecule is CC(C)(C)c1ccc2nc(NC(=O)c3ccc(Cl)c(Cl)c3)sc2c1. The molecular weight excluding hydrogens is 363 g/mol. The summed E-state index contributed by atoms with van der Waals surface area (Å²) >= 11 is 13.3. The molecule has 0 spiro atoms. The number of halogens is 2. The predicted molar refractivity (Wildman–Crippen MR) is 103 cm³/mol. The normalized spacial score (nSPS) is 11.7. The van der Waals surface area contributed by atoms with Crippen molar-refractivity contribution >= 4 is 55.8 Å². The molecule has 3 nitrogen and oxygen atoms in total. The average molecular weight is 379 g/mol. The maximum absolute atomic E-state index is 12.3. The van der Waals surface area contributed by atoms with E-state index in [4.69, 9.17) is 23.2 Å². The van der Waals surface area contributed by atoms with Crippen molar-refractivity contribution in [3.8, 4) is 0 Å². The lowest BCUT2D eigenvalue weighted by Crippen LogP contribution is -2.11. The molecule has 0 radical (unpaired) electrons. The minimum absolute atomic E-state index is 0.0711. The summed E-state index contributed by atoms with van der Waals surface area (Å²) in [5, 5.41) is 4.15. The molecule has 0 aliphatic rings. The average Bonchev–Trinajstić information content (AvgIpc) is 2.90. The lowest BCUT2D eigenvalue weighted by Gasteiger charge is -2.18. The smallest absolute Gasteiger partial charge is 0.257 e. The summed E-state index contributed by atoms with van der Waals surface area (Å²) < 4.78 is 1.05. The topological polar surface area (TPSA) is 42.0 Å². The van der Waals surface area contributed by atoms with Crippen molar-refractivity contribution in [1.29, 1.82) is 0 Å². The molecule has 0 saturated carbocycles. The molecule has 1 heterocycles. The zero-order valence-electron chi connectivity index (χ0n) is 13.5. The van der Waals surface area contributed by atoms with E-state index in [2.05, 4.69) is 43.2 Å². The highest BCUT2D eigenvalue weighted by molar-refractivity contribution is 7.22. The zero-order chi connectivity index (χ0) is 17.5. The lowest BCUT2D eigenvalue weighted by atomic mass is 9.87. The quantitative estimate of drug-likeness (QED) is 0.580. The van der Waals surface area contributed by atoms with E-state index in [9.17, 15) is 4.79 Å². The Morgan fingerprint density at radius 2 is 1.83 bits per heavy atom. The fourth-order valence-corrected chi connectivity index (χ4v) is 3.45. The van der Waals surface area contributed by atoms with Crippen LogP contribution in [-0.4, -0.2) is 10.9 Å². The summed E-state index contributed by atoms with van der Waals surface area (Å²) in [6.07, 6.45) is 0. The number of aromatic nitrogens is 1. The summed E-state index contributed by atoms with van der Waals surface area (Å²) in [6.45, 7) is 6.51. The Hall–Kier alpha value is -1.62. The highest BCUT2D eigenvalue weighted by Gasteiger charge is 2.16. The number of carbonyl (C=O) groups is 1. The summed E-state index contributed by atoms with van der Waals surface area (Å²) in [5.41, 5.74) is 2.62. The monoisotopic (exact) mass is 378 g/mol. The summed E-state index contributed by atoms with van der Waals surface area (Å²) in [4.78, 5) is 16.8. The molecule has 3 aromatic rings. The maximum Gasteiger partial charge on any atom is 0.257 e. The van der Waals surface area contributed by atoms with Crippen molar-refractivity contribution in [2.75, 3.05) is 5.32 Å². The van der Waals surface area contributed by atoms with Gasteiger partial charge in [0.05, 0.1) is 20.3 Å². The predicted octanol–water partition coefficient (Wildman–Crippen LogP) is 6.15. The van der Waals surface area contributed by atoms with E-state index >= 15 is 0 Å². The Labute approximate surface area is 154 Å². The van der Waals surface area contributed by atoms with Gasteiger partial charge >= 0.3 is 0 Å². The molecule has 0 aliphatic carbocycles. The summed E-state index contributed by atoms with van der Waals surface area (Å²) in [7, 11) is 0. The Morgan fingerprint density at radius 3 is 2.50 bits per heavy atom. The van der Waals surface area contributed by atoms with Gasteiger partial charge in [0.2, 0.25) is 0 Å². The Bertz CT molecular complexity index is 928. The molecule has 0 saturated heterocycles. The first-order chi connectivity index (χ1) is 11.2. The number of hydrogen-bond acceptors (Lipinski definition) is 3. The molecule has 0 atom stereocenters. The maximum atomic E-state index is 12.3. The third kappa shape index (κ3) is 3.56. The molecule has 1 amide bonds. The van der Waals surface area contributed by atoms with Crippen molar-refractivity contribution < 1.29 is 4.79 Å². The molecule has 3 rings (SSSR count). The molecular formula is C18H16Cl2N2OS. The molecule has 0 unspecified atom stereocenters. The molecule has 0 fully saturated rings. The van der Waals surface area contributed by atoms with Crippen molar-refractivity contribution in [2.24, 2.45) is 0 Å². The number of benzene rings is 2. The first-order valence-electron chi connectivity index (χ1n) is 7.41. The van der Waals surface area contributed by atoms with Crippen LogP contribution in [0.25, 0.3) is 10.2 Å². The van der Waals surface area contributed by atoms with Crippen LogP contribution in [0.2, 0.25) is 10.0 Å². The van der Waals surface area contributed by atoms with Gasteiger partial charge in [-0.05, 0) is 41.3 Å². The van der Waals surface area contributed by atoms with E-state index in [0.29, 0.717) is 20.7 Å². The van der Waals surface area contributed by atoms with E-state index in [0.717, 1.165) is 10.2 Å². The number of nitrogens with zero attached hydrogens (tertiary/aromatic N) is 1. The number of amides is 1. The molecule has 1 N–H and O–H groups in total. The van der Waals surface area contributed by atoms with Gasteiger partial charge in [0.1, 0.15) is 0 Å². The second-order valence-electron chi connectivity index (χ2n) is 6.53. The fraction of sp³-hybridized carbons (Fsp3) is 0.222. The van der Waals surface area contributed by atoms with Gasteiger partial charge < -0.3 is 0 Å². The van der Waals surface area contributed by atoms with Gasteiger partial charge in [0.25, 0.3) is 5.91 Å². The minimum atomic E-state index is -0.260. The molecule has 24 heavy (non-hydrogen) atoms. The third-order valence-corrected chi connectivity index (χ3v) is 5.33. The second kappa shape index (κ2) is 6.36. The van der Waals surface area contributed by atoms with Crippen molar-refractivity contribution in [1.82, 2.24) is 4.98 Å². The van der Waals surface area contributed by atoms with E-state index in [1.807, 2.05) is 6.07 Å². The van der Waals surface area contributed by atoms with Gasteiger partial charge in [0.15, 0.2) is 5.13 Å². The molecule has 0 bridgehead atoms. The molecule has 2 aromatic carbocycles. The van der Waals surface area contributed by atoms with Crippen LogP contribution in [0.15, 0.2) is 36.4 Å². The van der Waals surface area contributed by atoms with Crippen molar-refractivity contribution in [2.45, 2.75) is 26.2 Å². The van der Waals surface area contributed by atoms with Crippen molar-refractivity contribution in [3.05, 3.63) is 57.6 Å². The summed E-state index contributed by atoms with van der Waals surface area (Å²) in [6, 6.07) is 11.0. The number of nitrogens with one attached hydrogen (secondary N) is 1. The largest absolute Gasteiger partial charge is 0.298 e. The van der Waals surface area contributed by atoms with Crippen LogP contribution in [0, 0.1) is 0 Å². The number of anilines is 1. The first-order valence-corrected chi connectivity index (χ1v) is 8.99. The first kappa shape index (κ1) is 17.2. The van der Waals surface area contributed by atoms with Crippen LogP contribution in [0.5, 0.6) is 0 Å². The summed E-state index contributed by atoms with van der Waals surface area (Å²) in [5.74, 6) is -0.260. The van der Waals surface area contributed by atoms with E-state index in [-0.39, 0.29) is 11.3 Å². The van der Waals surface area contributed by atoms with Crippen LogP contribution in [0.1, 0.15) is 36.7 Å². The Balaban J connectivity index is 1.87. The minimum Gasteiger partial charge on any atom is -0.298 e. The van der Waals surface area contributed by atoms with Crippen LogP contribution in [0.4, 0.5) is 5.13 Å². The van der Waals surface area contributed by atoms with Crippen molar-refractivity contribution in [3.63, 3.8) is 0 Å². The number of hydrogen-bond donors (Lipinski definition) is 1. The molecule has 0 aliphatic heterocycles. The van der Waals surface area contributed by atoms with Gasteiger partial charge in [-0.3, -0.25) is 10.1 Å². The second-order valence-corrected chi connectivity index (χ2v) is 8.38. The Morgan fingerprint density at radius 1 is 1.08 bits per heavy atom. The van der Waals surface area contributed by atoms with Crippen LogP contribution in [0.3, 0.4) is 0 Å². The number of carbonyl (C=O) groups excluding carboxylic acids is 1. The number of fused-ring (bicyclic) bond motifs is 1. The zero-order valence-corrected chi connectivity index (χ0v) is 15.8. The third-order valence-electron chi connectivity index (χ3n) is 3.66. The van der Waals surface area contributed by atoms with Gasteiger partial charge in [-0.1, -0.05) is 61.4 Å². The Kier molecular flexibility index (Phi) is 4.56. The molecule has 6 heteroatoms. The highest BCUT2D eigenvalue weighted by Crippen LogP contribution is 2.31. The van der Waals surface area contributed by atoms with Crippen LogP contribution in [-0.2, 0) is 5.41 Å².